The monoisotopic (exact) mass is 217 g/mol. The van der Waals surface area contributed by atoms with Gasteiger partial charge in [-0.3, -0.25) is 0 Å². The number of aromatic nitrogens is 3. The molecule has 0 radical (unpaired) electrons. The highest BCUT2D eigenvalue weighted by molar-refractivity contribution is 5.91. The third kappa shape index (κ3) is 1.57. The Balaban J connectivity index is 2.60. The lowest BCUT2D eigenvalue weighted by molar-refractivity contribution is 0.0905. The number of nitrogens with two attached hydrogens (primary N) is 1. The van der Waals surface area contributed by atoms with Gasteiger partial charge in [0.05, 0.1) is 10.9 Å². The standard InChI is InChI=1S/C10H11N5O/c1-2-16-6-15-4-7(3-11)8-9(12)13-5-14-10(8)15/h4-5H,2,6H2,1H3,(H2,12,13,14). The number of nitrogen functional groups attached to an aromatic ring is 1. The highest BCUT2D eigenvalue weighted by atomic mass is 16.5. The van der Waals surface area contributed by atoms with Crippen molar-refractivity contribution >= 4 is 16.9 Å². The van der Waals surface area contributed by atoms with Crippen molar-refractivity contribution in [3.05, 3.63) is 18.1 Å². The predicted octanol–water partition coefficient (Wildman–Crippen LogP) is 0.879. The molecule has 0 aliphatic heterocycles. The average molecular weight is 217 g/mol. The lowest BCUT2D eigenvalue weighted by atomic mass is 10.2. The summed E-state index contributed by atoms with van der Waals surface area (Å²) in [4.78, 5) is 7.98. The van der Waals surface area contributed by atoms with Crippen LogP contribution in [-0.4, -0.2) is 21.1 Å². The molecule has 0 bridgehead atoms. The first-order valence-electron chi connectivity index (χ1n) is 4.85. The summed E-state index contributed by atoms with van der Waals surface area (Å²) in [5.74, 6) is 0.316. The van der Waals surface area contributed by atoms with Crippen LogP contribution in [0, 0.1) is 11.3 Å². The van der Waals surface area contributed by atoms with Gasteiger partial charge in [0.25, 0.3) is 0 Å². The van der Waals surface area contributed by atoms with Crippen molar-refractivity contribution in [2.24, 2.45) is 0 Å². The molecule has 2 aromatic rings. The molecule has 6 heteroatoms. The number of fused-ring (bicyclic) bond motifs is 1. The van der Waals surface area contributed by atoms with E-state index in [-0.39, 0.29) is 0 Å². The van der Waals surface area contributed by atoms with E-state index in [1.165, 1.54) is 6.33 Å². The Morgan fingerprint density at radius 1 is 1.56 bits per heavy atom. The minimum absolute atomic E-state index is 0.316. The molecule has 2 rings (SSSR count). The first-order chi connectivity index (χ1) is 7.77. The molecule has 0 aromatic carbocycles. The average Bonchev–Trinajstić information content (AvgIpc) is 2.66. The molecule has 0 saturated carbocycles. The van der Waals surface area contributed by atoms with E-state index in [1.807, 2.05) is 6.92 Å². The lowest BCUT2D eigenvalue weighted by Gasteiger charge is -2.03. The van der Waals surface area contributed by atoms with Crippen molar-refractivity contribution < 1.29 is 4.74 Å². The van der Waals surface area contributed by atoms with Gasteiger partial charge in [-0.2, -0.15) is 5.26 Å². The zero-order valence-corrected chi connectivity index (χ0v) is 8.84. The van der Waals surface area contributed by atoms with E-state index in [0.29, 0.717) is 35.8 Å². The van der Waals surface area contributed by atoms with Crippen LogP contribution in [0.1, 0.15) is 12.5 Å². The maximum absolute atomic E-state index is 8.98. The van der Waals surface area contributed by atoms with E-state index < -0.39 is 0 Å². The molecule has 2 heterocycles. The summed E-state index contributed by atoms with van der Waals surface area (Å²) in [6.07, 6.45) is 3.05. The highest BCUT2D eigenvalue weighted by Gasteiger charge is 2.12. The number of nitriles is 1. The third-order valence-corrected chi connectivity index (χ3v) is 2.24. The summed E-state index contributed by atoms with van der Waals surface area (Å²) < 4.78 is 7.02. The second kappa shape index (κ2) is 4.16. The molecule has 0 unspecified atom stereocenters. The summed E-state index contributed by atoms with van der Waals surface area (Å²) in [5.41, 5.74) is 6.81. The summed E-state index contributed by atoms with van der Waals surface area (Å²) in [5, 5.41) is 9.57. The van der Waals surface area contributed by atoms with Gasteiger partial charge in [0.15, 0.2) is 0 Å². The molecule has 16 heavy (non-hydrogen) atoms. The minimum Gasteiger partial charge on any atom is -0.383 e. The Labute approximate surface area is 92.3 Å². The SMILES string of the molecule is CCOCn1cc(C#N)c2c(N)ncnc21. The van der Waals surface area contributed by atoms with E-state index in [4.69, 9.17) is 15.7 Å². The fourth-order valence-corrected chi connectivity index (χ4v) is 1.52. The zero-order chi connectivity index (χ0) is 11.5. The van der Waals surface area contributed by atoms with Crippen LogP contribution >= 0.6 is 0 Å². The number of nitrogens with zero attached hydrogens (tertiary/aromatic N) is 4. The smallest absolute Gasteiger partial charge is 0.148 e. The highest BCUT2D eigenvalue weighted by Crippen LogP contribution is 2.22. The van der Waals surface area contributed by atoms with Crippen molar-refractivity contribution in [2.75, 3.05) is 12.3 Å². The summed E-state index contributed by atoms with van der Waals surface area (Å²) in [6.45, 7) is 2.85. The number of hydrogen-bond donors (Lipinski definition) is 1. The second-order valence-electron chi connectivity index (χ2n) is 3.20. The Bertz CT molecular complexity index is 554. The molecule has 0 aliphatic carbocycles. The number of anilines is 1. The van der Waals surface area contributed by atoms with Crippen molar-refractivity contribution in [1.82, 2.24) is 14.5 Å². The first-order valence-corrected chi connectivity index (χ1v) is 4.85. The van der Waals surface area contributed by atoms with E-state index in [0.717, 1.165) is 0 Å². The van der Waals surface area contributed by atoms with Gasteiger partial charge in [0.1, 0.15) is 30.6 Å². The molecule has 0 amide bonds. The molecule has 0 aliphatic rings. The molecular formula is C10H11N5O. The van der Waals surface area contributed by atoms with Crippen molar-refractivity contribution in [3.8, 4) is 6.07 Å². The number of hydrogen-bond acceptors (Lipinski definition) is 5. The Kier molecular flexibility index (Phi) is 2.70. The lowest BCUT2D eigenvalue weighted by Crippen LogP contribution is -2.02. The molecule has 0 fully saturated rings. The van der Waals surface area contributed by atoms with Gasteiger partial charge in [-0.25, -0.2) is 9.97 Å². The van der Waals surface area contributed by atoms with Crippen molar-refractivity contribution in [3.63, 3.8) is 0 Å². The molecule has 82 valence electrons. The molecule has 0 saturated heterocycles. The molecule has 2 aromatic heterocycles. The third-order valence-electron chi connectivity index (χ3n) is 2.24. The van der Waals surface area contributed by atoms with Crippen LogP contribution in [-0.2, 0) is 11.5 Å². The van der Waals surface area contributed by atoms with E-state index in [9.17, 15) is 0 Å². The normalized spacial score (nSPS) is 10.5. The topological polar surface area (TPSA) is 89.8 Å². The van der Waals surface area contributed by atoms with Gasteiger partial charge in [-0.1, -0.05) is 0 Å². The largest absolute Gasteiger partial charge is 0.383 e. The van der Waals surface area contributed by atoms with E-state index in [2.05, 4.69) is 16.0 Å². The van der Waals surface area contributed by atoms with Crippen LogP contribution in [0.2, 0.25) is 0 Å². The van der Waals surface area contributed by atoms with Gasteiger partial charge >= 0.3 is 0 Å². The molecule has 0 spiro atoms. The number of ether oxygens (including phenoxy) is 1. The van der Waals surface area contributed by atoms with E-state index in [1.54, 1.807) is 10.8 Å². The fraction of sp³-hybridized carbons (Fsp3) is 0.300. The van der Waals surface area contributed by atoms with Crippen LogP contribution in [0.15, 0.2) is 12.5 Å². The molecule has 6 nitrogen and oxygen atoms in total. The van der Waals surface area contributed by atoms with Crippen LogP contribution in [0.25, 0.3) is 11.0 Å². The second-order valence-corrected chi connectivity index (χ2v) is 3.20. The molecular weight excluding hydrogens is 206 g/mol. The fourth-order valence-electron chi connectivity index (χ4n) is 1.52. The van der Waals surface area contributed by atoms with Crippen LogP contribution in [0.3, 0.4) is 0 Å². The van der Waals surface area contributed by atoms with Crippen molar-refractivity contribution in [2.45, 2.75) is 13.7 Å². The maximum atomic E-state index is 8.98. The van der Waals surface area contributed by atoms with Gasteiger partial charge in [0.2, 0.25) is 0 Å². The predicted molar refractivity (Wildman–Crippen MR) is 58.3 cm³/mol. The van der Waals surface area contributed by atoms with Crippen LogP contribution < -0.4 is 5.73 Å². The quantitative estimate of drug-likeness (QED) is 0.824. The summed E-state index contributed by atoms with van der Waals surface area (Å²) >= 11 is 0. The van der Waals surface area contributed by atoms with Crippen molar-refractivity contribution in [1.29, 1.82) is 5.26 Å². The molecule has 0 atom stereocenters. The number of rotatable bonds is 3. The summed E-state index contributed by atoms with van der Waals surface area (Å²) in [6, 6.07) is 2.07. The van der Waals surface area contributed by atoms with Gasteiger partial charge in [0, 0.05) is 12.8 Å². The van der Waals surface area contributed by atoms with Gasteiger partial charge in [-0.05, 0) is 6.92 Å². The minimum atomic E-state index is 0.316. The van der Waals surface area contributed by atoms with Gasteiger partial charge < -0.3 is 15.0 Å². The van der Waals surface area contributed by atoms with Crippen LogP contribution in [0.5, 0.6) is 0 Å². The Morgan fingerprint density at radius 3 is 3.06 bits per heavy atom. The maximum Gasteiger partial charge on any atom is 0.148 e. The van der Waals surface area contributed by atoms with Gasteiger partial charge in [-0.15, -0.1) is 0 Å². The van der Waals surface area contributed by atoms with E-state index >= 15 is 0 Å². The zero-order valence-electron chi connectivity index (χ0n) is 8.84. The Hall–Kier alpha value is -2.13. The summed E-state index contributed by atoms with van der Waals surface area (Å²) in [7, 11) is 0. The molecule has 2 N–H and O–H groups in total. The van der Waals surface area contributed by atoms with Crippen LogP contribution in [0.4, 0.5) is 5.82 Å². The first kappa shape index (κ1) is 10.4. The Morgan fingerprint density at radius 2 is 2.38 bits per heavy atom.